The van der Waals surface area contributed by atoms with E-state index in [-0.39, 0.29) is 5.69 Å². The molecule has 0 unspecified atom stereocenters. The Bertz CT molecular complexity index is 484. The normalized spacial score (nSPS) is 10.5. The fourth-order valence-corrected chi connectivity index (χ4v) is 1.37. The van der Waals surface area contributed by atoms with Crippen LogP contribution in [0, 0.1) is 6.92 Å². The zero-order valence-electron chi connectivity index (χ0n) is 8.17. The second-order valence-corrected chi connectivity index (χ2v) is 3.19. The third kappa shape index (κ3) is 1.90. The van der Waals surface area contributed by atoms with E-state index in [2.05, 4.69) is 4.98 Å². The molecule has 5 heteroatoms. The molecule has 1 N–H and O–H groups in total. The number of aryl methyl sites for hydroxylation is 1. The van der Waals surface area contributed by atoms with Crippen LogP contribution in [0.4, 0.5) is 0 Å². The van der Waals surface area contributed by atoms with Gasteiger partial charge in [0, 0.05) is 6.20 Å². The van der Waals surface area contributed by atoms with Crippen molar-refractivity contribution < 1.29 is 14.3 Å². The summed E-state index contributed by atoms with van der Waals surface area (Å²) in [6, 6.07) is 3.22. The SMILES string of the molecule is Cc1cnc(Cn2cccc2C(=O)O)o1. The molecule has 78 valence electrons. The highest BCUT2D eigenvalue weighted by Crippen LogP contribution is 2.08. The molecule has 0 aromatic carbocycles. The Morgan fingerprint density at radius 3 is 3.07 bits per heavy atom. The van der Waals surface area contributed by atoms with Crippen LogP contribution in [-0.2, 0) is 6.54 Å². The van der Waals surface area contributed by atoms with E-state index >= 15 is 0 Å². The number of carbonyl (C=O) groups is 1. The van der Waals surface area contributed by atoms with Gasteiger partial charge in [0.2, 0.25) is 5.89 Å². The molecule has 0 aliphatic heterocycles. The van der Waals surface area contributed by atoms with E-state index in [4.69, 9.17) is 9.52 Å². The lowest BCUT2D eigenvalue weighted by molar-refractivity contribution is 0.0685. The molecule has 2 rings (SSSR count). The van der Waals surface area contributed by atoms with Crippen molar-refractivity contribution in [2.24, 2.45) is 0 Å². The summed E-state index contributed by atoms with van der Waals surface area (Å²) >= 11 is 0. The van der Waals surface area contributed by atoms with Crippen LogP contribution in [0.25, 0.3) is 0 Å². The van der Waals surface area contributed by atoms with E-state index in [1.165, 1.54) is 6.07 Å². The molecule has 0 spiro atoms. The Kier molecular flexibility index (Phi) is 2.29. The molecular formula is C10H10N2O3. The number of carboxylic acid groups (broad SMARTS) is 1. The number of rotatable bonds is 3. The highest BCUT2D eigenvalue weighted by molar-refractivity contribution is 5.85. The molecule has 0 saturated heterocycles. The van der Waals surface area contributed by atoms with Crippen LogP contribution in [0.5, 0.6) is 0 Å². The maximum atomic E-state index is 10.8. The predicted octanol–water partition coefficient (Wildman–Crippen LogP) is 1.53. The summed E-state index contributed by atoms with van der Waals surface area (Å²) in [6.45, 7) is 2.13. The van der Waals surface area contributed by atoms with Crippen LogP contribution >= 0.6 is 0 Å². The maximum Gasteiger partial charge on any atom is 0.352 e. The molecule has 0 radical (unpaired) electrons. The predicted molar refractivity (Wildman–Crippen MR) is 51.7 cm³/mol. The smallest absolute Gasteiger partial charge is 0.352 e. The largest absolute Gasteiger partial charge is 0.477 e. The molecule has 5 nitrogen and oxygen atoms in total. The number of oxazole rings is 1. The van der Waals surface area contributed by atoms with Gasteiger partial charge in [-0.05, 0) is 19.1 Å². The van der Waals surface area contributed by atoms with Crippen LogP contribution in [0.2, 0.25) is 0 Å². The summed E-state index contributed by atoms with van der Waals surface area (Å²) < 4.78 is 6.84. The van der Waals surface area contributed by atoms with E-state index in [0.29, 0.717) is 18.2 Å². The van der Waals surface area contributed by atoms with Gasteiger partial charge in [-0.2, -0.15) is 0 Å². The van der Waals surface area contributed by atoms with Crippen molar-refractivity contribution in [1.29, 1.82) is 0 Å². The summed E-state index contributed by atoms with van der Waals surface area (Å²) in [6.07, 6.45) is 3.29. The molecule has 0 amide bonds. The number of carboxylic acids is 1. The fourth-order valence-electron chi connectivity index (χ4n) is 1.37. The average molecular weight is 206 g/mol. The molecule has 2 heterocycles. The van der Waals surface area contributed by atoms with Gasteiger partial charge in [0.1, 0.15) is 11.5 Å². The van der Waals surface area contributed by atoms with Crippen molar-refractivity contribution in [2.75, 3.05) is 0 Å². The van der Waals surface area contributed by atoms with Gasteiger partial charge < -0.3 is 14.1 Å². The lowest BCUT2D eigenvalue weighted by Gasteiger charge is -2.02. The second kappa shape index (κ2) is 3.61. The quantitative estimate of drug-likeness (QED) is 0.826. The minimum Gasteiger partial charge on any atom is -0.477 e. The molecule has 0 saturated carbocycles. The highest BCUT2D eigenvalue weighted by Gasteiger charge is 2.10. The fraction of sp³-hybridized carbons (Fsp3) is 0.200. The second-order valence-electron chi connectivity index (χ2n) is 3.19. The van der Waals surface area contributed by atoms with E-state index in [9.17, 15) is 4.79 Å². The summed E-state index contributed by atoms with van der Waals surface area (Å²) in [5.74, 6) is 0.267. The van der Waals surface area contributed by atoms with Crippen LogP contribution < -0.4 is 0 Å². The molecule has 2 aromatic rings. The Morgan fingerprint density at radius 1 is 1.67 bits per heavy atom. The van der Waals surface area contributed by atoms with Gasteiger partial charge in [-0.25, -0.2) is 9.78 Å². The Labute approximate surface area is 86.0 Å². The molecule has 0 aliphatic rings. The first-order valence-electron chi connectivity index (χ1n) is 4.46. The van der Waals surface area contributed by atoms with E-state index in [1.807, 2.05) is 0 Å². The lowest BCUT2D eigenvalue weighted by Crippen LogP contribution is -2.08. The topological polar surface area (TPSA) is 68.3 Å². The van der Waals surface area contributed by atoms with Crippen molar-refractivity contribution in [2.45, 2.75) is 13.5 Å². The van der Waals surface area contributed by atoms with E-state index in [1.54, 1.807) is 30.0 Å². The van der Waals surface area contributed by atoms with Gasteiger partial charge in [-0.1, -0.05) is 0 Å². The van der Waals surface area contributed by atoms with Crippen molar-refractivity contribution in [3.05, 3.63) is 41.9 Å². The molecule has 0 bridgehead atoms. The minimum absolute atomic E-state index is 0.228. The van der Waals surface area contributed by atoms with Gasteiger partial charge in [0.05, 0.1) is 12.7 Å². The summed E-state index contributed by atoms with van der Waals surface area (Å²) in [5.41, 5.74) is 0.228. The van der Waals surface area contributed by atoms with Crippen molar-refractivity contribution >= 4 is 5.97 Å². The molecule has 0 aliphatic carbocycles. The third-order valence-electron chi connectivity index (χ3n) is 2.02. The highest BCUT2D eigenvalue weighted by atomic mass is 16.4. The van der Waals surface area contributed by atoms with Gasteiger partial charge >= 0.3 is 5.97 Å². The summed E-state index contributed by atoms with van der Waals surface area (Å²) in [4.78, 5) is 14.8. The number of aromatic nitrogens is 2. The maximum absolute atomic E-state index is 10.8. The number of hydrogen-bond acceptors (Lipinski definition) is 3. The summed E-state index contributed by atoms with van der Waals surface area (Å²) in [7, 11) is 0. The van der Waals surface area contributed by atoms with Crippen molar-refractivity contribution in [1.82, 2.24) is 9.55 Å². The number of nitrogens with zero attached hydrogens (tertiary/aromatic N) is 2. The van der Waals surface area contributed by atoms with Crippen LogP contribution in [0.1, 0.15) is 22.1 Å². The minimum atomic E-state index is -0.955. The first-order valence-corrected chi connectivity index (χ1v) is 4.46. The third-order valence-corrected chi connectivity index (χ3v) is 2.02. The Morgan fingerprint density at radius 2 is 2.47 bits per heavy atom. The van der Waals surface area contributed by atoms with E-state index in [0.717, 1.165) is 0 Å². The Balaban J connectivity index is 2.24. The van der Waals surface area contributed by atoms with Gasteiger partial charge in [-0.3, -0.25) is 0 Å². The monoisotopic (exact) mass is 206 g/mol. The summed E-state index contributed by atoms with van der Waals surface area (Å²) in [5, 5.41) is 8.87. The average Bonchev–Trinajstić information content (AvgIpc) is 2.75. The molecule has 0 atom stereocenters. The molecule has 15 heavy (non-hydrogen) atoms. The van der Waals surface area contributed by atoms with Crippen LogP contribution in [-0.4, -0.2) is 20.6 Å². The van der Waals surface area contributed by atoms with Crippen molar-refractivity contribution in [3.63, 3.8) is 0 Å². The van der Waals surface area contributed by atoms with E-state index < -0.39 is 5.97 Å². The van der Waals surface area contributed by atoms with Crippen molar-refractivity contribution in [3.8, 4) is 0 Å². The number of hydrogen-bond donors (Lipinski definition) is 1. The molecule has 0 fully saturated rings. The Hall–Kier alpha value is -2.04. The first-order chi connectivity index (χ1) is 7.16. The first kappa shape index (κ1) is 9.51. The molecular weight excluding hydrogens is 196 g/mol. The van der Waals surface area contributed by atoms with Gasteiger partial charge in [-0.15, -0.1) is 0 Å². The van der Waals surface area contributed by atoms with Gasteiger partial charge in [0.25, 0.3) is 0 Å². The number of aromatic carboxylic acids is 1. The van der Waals surface area contributed by atoms with Crippen LogP contribution in [0.15, 0.2) is 28.9 Å². The standard InChI is InChI=1S/C10H10N2O3/c1-7-5-11-9(15-7)6-12-4-2-3-8(12)10(13)14/h2-5H,6H2,1H3,(H,13,14). The van der Waals surface area contributed by atoms with Gasteiger partial charge in [0.15, 0.2) is 0 Å². The zero-order valence-corrected chi connectivity index (χ0v) is 8.17. The molecule has 2 aromatic heterocycles. The lowest BCUT2D eigenvalue weighted by atomic mass is 10.4. The zero-order chi connectivity index (χ0) is 10.8. The van der Waals surface area contributed by atoms with Crippen LogP contribution in [0.3, 0.4) is 0 Å².